The maximum Gasteiger partial charge on any atom is 0.253 e. The average Bonchev–Trinajstić information content (AvgIpc) is 2.82. The summed E-state index contributed by atoms with van der Waals surface area (Å²) in [6.07, 6.45) is 2.87. The quantitative estimate of drug-likeness (QED) is 0.592. The Balaban J connectivity index is 1.31. The Morgan fingerprint density at radius 1 is 0.812 bits per heavy atom. The summed E-state index contributed by atoms with van der Waals surface area (Å²) in [5.41, 5.74) is 1.99. The van der Waals surface area contributed by atoms with Crippen molar-refractivity contribution >= 4 is 23.4 Å². The summed E-state index contributed by atoms with van der Waals surface area (Å²) in [5, 5.41) is 5.78. The second-order valence-electron chi connectivity index (χ2n) is 8.15. The minimum absolute atomic E-state index is 0.0373. The van der Waals surface area contributed by atoms with Gasteiger partial charge in [-0.3, -0.25) is 14.4 Å². The molecule has 170 valence electrons. The zero-order valence-corrected chi connectivity index (χ0v) is 18.7. The highest BCUT2D eigenvalue weighted by atomic mass is 16.2. The van der Waals surface area contributed by atoms with Gasteiger partial charge in [-0.2, -0.15) is 0 Å². The van der Waals surface area contributed by atoms with Crippen molar-refractivity contribution in [2.75, 3.05) is 45.1 Å². The molecule has 1 saturated heterocycles. The number of nitrogens with zero attached hydrogens (tertiary/aromatic N) is 2. The Bertz CT molecular complexity index is 891. The summed E-state index contributed by atoms with van der Waals surface area (Å²) < 4.78 is 0. The van der Waals surface area contributed by atoms with E-state index in [9.17, 15) is 14.4 Å². The second-order valence-corrected chi connectivity index (χ2v) is 8.15. The zero-order valence-electron chi connectivity index (χ0n) is 18.7. The van der Waals surface area contributed by atoms with Crippen molar-refractivity contribution in [1.82, 2.24) is 15.1 Å². The first-order chi connectivity index (χ1) is 15.5. The van der Waals surface area contributed by atoms with Crippen LogP contribution in [0.15, 0.2) is 54.6 Å². The third-order valence-electron chi connectivity index (χ3n) is 5.61. The van der Waals surface area contributed by atoms with Crippen LogP contribution in [0.25, 0.3) is 0 Å². The maximum atomic E-state index is 12.6. The van der Waals surface area contributed by atoms with Crippen LogP contribution in [0.5, 0.6) is 0 Å². The number of unbranched alkanes of at least 4 members (excludes halogenated alkanes) is 2. The van der Waals surface area contributed by atoms with E-state index in [4.69, 9.17) is 0 Å². The van der Waals surface area contributed by atoms with Crippen molar-refractivity contribution in [3.63, 3.8) is 0 Å². The molecule has 1 heterocycles. The molecule has 1 aliphatic rings. The molecular weight excluding hydrogens is 404 g/mol. The summed E-state index contributed by atoms with van der Waals surface area (Å²) in [4.78, 5) is 40.8. The van der Waals surface area contributed by atoms with Crippen LogP contribution in [0, 0.1) is 0 Å². The van der Waals surface area contributed by atoms with Gasteiger partial charge in [0.2, 0.25) is 5.91 Å². The molecule has 7 heteroatoms. The first-order valence-electron chi connectivity index (χ1n) is 11.2. The van der Waals surface area contributed by atoms with Gasteiger partial charge in [-0.1, -0.05) is 24.6 Å². The van der Waals surface area contributed by atoms with E-state index in [1.54, 1.807) is 36.4 Å². The number of hydrogen-bond acceptors (Lipinski definition) is 4. The Labute approximate surface area is 189 Å². The molecular formula is C25H32N4O3. The lowest BCUT2D eigenvalue weighted by molar-refractivity contribution is -0.116. The van der Waals surface area contributed by atoms with Crippen LogP contribution in [-0.4, -0.2) is 67.3 Å². The summed E-state index contributed by atoms with van der Waals surface area (Å²) in [7, 11) is 2.06. The van der Waals surface area contributed by atoms with E-state index in [0.29, 0.717) is 29.8 Å². The SMILES string of the molecule is CN1CCN(C(=O)c2ccc(NC(=O)CCCCCNC(=O)c3ccccc3)cc2)CC1. The molecule has 32 heavy (non-hydrogen) atoms. The number of amides is 3. The molecule has 1 fully saturated rings. The minimum atomic E-state index is -0.0714. The predicted octanol–water partition coefficient (Wildman–Crippen LogP) is 3.00. The fourth-order valence-electron chi connectivity index (χ4n) is 3.59. The molecule has 1 aliphatic heterocycles. The number of anilines is 1. The molecule has 2 N–H and O–H groups in total. The van der Waals surface area contributed by atoms with E-state index in [2.05, 4.69) is 22.6 Å². The predicted molar refractivity (Wildman–Crippen MR) is 126 cm³/mol. The Morgan fingerprint density at radius 3 is 2.19 bits per heavy atom. The largest absolute Gasteiger partial charge is 0.352 e. The molecule has 0 atom stereocenters. The number of benzene rings is 2. The first-order valence-corrected chi connectivity index (χ1v) is 11.2. The summed E-state index contributed by atoms with van der Waals surface area (Å²) >= 11 is 0. The number of likely N-dealkylation sites (N-methyl/N-ethyl adjacent to an activating group) is 1. The van der Waals surface area contributed by atoms with E-state index < -0.39 is 0 Å². The fraction of sp³-hybridized carbons (Fsp3) is 0.400. The number of piperazine rings is 1. The minimum Gasteiger partial charge on any atom is -0.352 e. The normalized spacial score (nSPS) is 14.1. The highest BCUT2D eigenvalue weighted by Gasteiger charge is 2.20. The average molecular weight is 437 g/mol. The van der Waals surface area contributed by atoms with Gasteiger partial charge < -0.3 is 20.4 Å². The van der Waals surface area contributed by atoms with Crippen molar-refractivity contribution in [3.05, 3.63) is 65.7 Å². The van der Waals surface area contributed by atoms with Gasteiger partial charge >= 0.3 is 0 Å². The number of nitrogens with one attached hydrogen (secondary N) is 2. The van der Waals surface area contributed by atoms with Crippen molar-refractivity contribution < 1.29 is 14.4 Å². The van der Waals surface area contributed by atoms with Crippen molar-refractivity contribution in [3.8, 4) is 0 Å². The van der Waals surface area contributed by atoms with E-state index in [1.165, 1.54) is 0 Å². The third kappa shape index (κ3) is 7.20. The topological polar surface area (TPSA) is 81.8 Å². The molecule has 7 nitrogen and oxygen atoms in total. The van der Waals surface area contributed by atoms with E-state index in [0.717, 1.165) is 45.4 Å². The summed E-state index contributed by atoms with van der Waals surface area (Å²) in [6.45, 7) is 3.85. The van der Waals surface area contributed by atoms with Gasteiger partial charge in [-0.25, -0.2) is 0 Å². The number of carbonyl (C=O) groups excluding carboxylic acids is 3. The van der Waals surface area contributed by atoms with Crippen LogP contribution in [0.3, 0.4) is 0 Å². The Kier molecular flexibility index (Phi) is 8.80. The maximum absolute atomic E-state index is 12.6. The van der Waals surface area contributed by atoms with Gasteiger partial charge in [-0.15, -0.1) is 0 Å². The van der Waals surface area contributed by atoms with Crippen LogP contribution in [0.1, 0.15) is 46.4 Å². The highest BCUT2D eigenvalue weighted by molar-refractivity contribution is 5.96. The molecule has 2 aromatic rings. The lowest BCUT2D eigenvalue weighted by atomic mass is 10.1. The Morgan fingerprint density at radius 2 is 1.50 bits per heavy atom. The first kappa shape index (κ1) is 23.5. The third-order valence-corrected chi connectivity index (χ3v) is 5.61. The monoisotopic (exact) mass is 436 g/mol. The van der Waals surface area contributed by atoms with Crippen molar-refractivity contribution in [2.45, 2.75) is 25.7 Å². The van der Waals surface area contributed by atoms with Crippen LogP contribution in [0.4, 0.5) is 5.69 Å². The van der Waals surface area contributed by atoms with Crippen molar-refractivity contribution in [2.24, 2.45) is 0 Å². The Hall–Kier alpha value is -3.19. The lowest BCUT2D eigenvalue weighted by Gasteiger charge is -2.32. The number of hydrogen-bond donors (Lipinski definition) is 2. The van der Waals surface area contributed by atoms with Crippen LogP contribution in [-0.2, 0) is 4.79 Å². The highest BCUT2D eigenvalue weighted by Crippen LogP contribution is 2.14. The van der Waals surface area contributed by atoms with Crippen LogP contribution < -0.4 is 10.6 Å². The van der Waals surface area contributed by atoms with Crippen LogP contribution >= 0.6 is 0 Å². The standard InChI is InChI=1S/C25H32N4O3/c1-28-16-18-29(19-17-28)25(32)21-11-13-22(14-12-21)27-23(30)10-6-3-7-15-26-24(31)20-8-4-2-5-9-20/h2,4-5,8-9,11-14H,3,6-7,10,15-19H2,1H3,(H,26,31)(H,27,30). The molecule has 0 aliphatic carbocycles. The number of carbonyl (C=O) groups is 3. The molecule has 2 aromatic carbocycles. The molecule has 0 saturated carbocycles. The van der Waals surface area contributed by atoms with Gasteiger partial charge in [-0.05, 0) is 56.3 Å². The molecule has 3 amide bonds. The van der Waals surface area contributed by atoms with Crippen LogP contribution in [0.2, 0.25) is 0 Å². The van der Waals surface area contributed by atoms with E-state index in [1.807, 2.05) is 23.1 Å². The van der Waals surface area contributed by atoms with Gasteiger partial charge in [0.15, 0.2) is 0 Å². The van der Waals surface area contributed by atoms with Gasteiger partial charge in [0.05, 0.1) is 0 Å². The zero-order chi connectivity index (χ0) is 22.8. The smallest absolute Gasteiger partial charge is 0.253 e. The second kappa shape index (κ2) is 12.0. The molecule has 0 radical (unpaired) electrons. The summed E-state index contributed by atoms with van der Waals surface area (Å²) in [6, 6.07) is 16.2. The molecule has 0 unspecified atom stereocenters. The van der Waals surface area contributed by atoms with E-state index >= 15 is 0 Å². The number of rotatable bonds is 9. The van der Waals surface area contributed by atoms with E-state index in [-0.39, 0.29) is 17.7 Å². The molecule has 0 spiro atoms. The van der Waals surface area contributed by atoms with Gasteiger partial charge in [0, 0.05) is 56.0 Å². The lowest BCUT2D eigenvalue weighted by Crippen LogP contribution is -2.47. The van der Waals surface area contributed by atoms with Gasteiger partial charge in [0.1, 0.15) is 0 Å². The molecule has 0 bridgehead atoms. The fourth-order valence-corrected chi connectivity index (χ4v) is 3.59. The van der Waals surface area contributed by atoms with Gasteiger partial charge in [0.25, 0.3) is 11.8 Å². The molecule has 0 aromatic heterocycles. The van der Waals surface area contributed by atoms with Crippen molar-refractivity contribution in [1.29, 1.82) is 0 Å². The molecule has 3 rings (SSSR count). The summed E-state index contributed by atoms with van der Waals surface area (Å²) in [5.74, 6) is -0.0790.